The number of unbranched alkanes of at least 4 members (excludes halogenated alkanes) is 1. The molecule has 1 aliphatic heterocycles. The highest BCUT2D eigenvalue weighted by molar-refractivity contribution is 6.46. The lowest BCUT2D eigenvalue weighted by molar-refractivity contribution is -0.139. The molecular weight excluding hydrogens is 368 g/mol. The highest BCUT2D eigenvalue weighted by Crippen LogP contribution is 2.39. The van der Waals surface area contributed by atoms with Crippen molar-refractivity contribution in [1.29, 1.82) is 0 Å². The summed E-state index contributed by atoms with van der Waals surface area (Å²) in [6.07, 6.45) is 5.65. The topological polar surface area (TPSA) is 79.7 Å². The maximum absolute atomic E-state index is 12.8. The molecule has 0 aliphatic carbocycles. The summed E-state index contributed by atoms with van der Waals surface area (Å²) >= 11 is 0. The van der Waals surface area contributed by atoms with Gasteiger partial charge in [0, 0.05) is 24.5 Å². The molecular formula is C23H26N2O4. The lowest BCUT2D eigenvalue weighted by Crippen LogP contribution is -2.30. The van der Waals surface area contributed by atoms with Gasteiger partial charge in [-0.05, 0) is 42.7 Å². The van der Waals surface area contributed by atoms with Gasteiger partial charge in [0.15, 0.2) is 0 Å². The number of hydrogen-bond acceptors (Lipinski definition) is 5. The molecule has 6 nitrogen and oxygen atoms in total. The number of benzene rings is 1. The summed E-state index contributed by atoms with van der Waals surface area (Å²) in [6, 6.07) is 9.96. The molecule has 2 aromatic rings. The van der Waals surface area contributed by atoms with Gasteiger partial charge >= 0.3 is 0 Å². The Morgan fingerprint density at radius 2 is 1.76 bits per heavy atom. The normalized spacial score (nSPS) is 18.3. The molecule has 1 saturated heterocycles. The Morgan fingerprint density at radius 3 is 2.38 bits per heavy atom. The van der Waals surface area contributed by atoms with Crippen LogP contribution in [0.1, 0.15) is 50.3 Å². The SMILES string of the molecule is CCCCN1C(=O)C(=O)/C(=C(\O)c2ccncc2)C1c1ccc(OCCC)cc1. The number of nitrogens with zero attached hydrogens (tertiary/aromatic N) is 2. The molecule has 1 N–H and O–H groups in total. The van der Waals surface area contributed by atoms with Crippen LogP contribution in [0.3, 0.4) is 0 Å². The maximum Gasteiger partial charge on any atom is 0.295 e. The van der Waals surface area contributed by atoms with E-state index in [0.717, 1.165) is 30.6 Å². The summed E-state index contributed by atoms with van der Waals surface area (Å²) < 4.78 is 5.63. The van der Waals surface area contributed by atoms with Crippen LogP contribution in [-0.4, -0.2) is 39.8 Å². The number of ether oxygens (including phenoxy) is 1. The number of carbonyl (C=O) groups excluding carboxylic acids is 2. The van der Waals surface area contributed by atoms with Gasteiger partial charge in [-0.1, -0.05) is 32.4 Å². The molecule has 0 radical (unpaired) electrons. The number of rotatable bonds is 8. The van der Waals surface area contributed by atoms with Crippen molar-refractivity contribution in [2.24, 2.45) is 0 Å². The Balaban J connectivity index is 2.05. The molecule has 29 heavy (non-hydrogen) atoms. The molecule has 0 bridgehead atoms. The smallest absolute Gasteiger partial charge is 0.295 e. The molecule has 1 unspecified atom stereocenters. The van der Waals surface area contributed by atoms with Gasteiger partial charge in [0.05, 0.1) is 18.2 Å². The molecule has 1 fully saturated rings. The fraction of sp³-hybridized carbons (Fsp3) is 0.348. The maximum atomic E-state index is 12.8. The van der Waals surface area contributed by atoms with Gasteiger partial charge in [-0.25, -0.2) is 0 Å². The van der Waals surface area contributed by atoms with Gasteiger partial charge in [0.1, 0.15) is 11.5 Å². The fourth-order valence-corrected chi connectivity index (χ4v) is 3.42. The number of aliphatic hydroxyl groups excluding tert-OH is 1. The van der Waals surface area contributed by atoms with E-state index < -0.39 is 17.7 Å². The quantitative estimate of drug-likeness (QED) is 0.414. The van der Waals surface area contributed by atoms with E-state index in [1.807, 2.05) is 38.1 Å². The number of pyridine rings is 1. The van der Waals surface area contributed by atoms with E-state index in [1.165, 1.54) is 12.4 Å². The van der Waals surface area contributed by atoms with Gasteiger partial charge in [0.2, 0.25) is 0 Å². The molecule has 3 rings (SSSR count). The van der Waals surface area contributed by atoms with Crippen molar-refractivity contribution in [3.05, 3.63) is 65.5 Å². The first-order valence-electron chi connectivity index (χ1n) is 10.00. The first-order valence-corrected chi connectivity index (χ1v) is 10.00. The van der Waals surface area contributed by atoms with Crippen molar-refractivity contribution in [3.8, 4) is 5.75 Å². The number of aliphatic hydroxyl groups is 1. The van der Waals surface area contributed by atoms with Crippen molar-refractivity contribution < 1.29 is 19.4 Å². The van der Waals surface area contributed by atoms with Gasteiger partial charge < -0.3 is 14.7 Å². The molecule has 1 aromatic carbocycles. The zero-order chi connectivity index (χ0) is 20.8. The minimum atomic E-state index is -0.660. The molecule has 1 aromatic heterocycles. The van der Waals surface area contributed by atoms with E-state index in [2.05, 4.69) is 4.98 Å². The largest absolute Gasteiger partial charge is 0.507 e. The highest BCUT2D eigenvalue weighted by Gasteiger charge is 2.45. The van der Waals surface area contributed by atoms with Gasteiger partial charge in [-0.15, -0.1) is 0 Å². The first-order chi connectivity index (χ1) is 14.1. The third kappa shape index (κ3) is 4.31. The fourth-order valence-electron chi connectivity index (χ4n) is 3.42. The van der Waals surface area contributed by atoms with E-state index in [1.54, 1.807) is 17.0 Å². The van der Waals surface area contributed by atoms with Crippen LogP contribution in [-0.2, 0) is 9.59 Å². The molecule has 1 amide bonds. The zero-order valence-corrected chi connectivity index (χ0v) is 16.8. The van der Waals surface area contributed by atoms with Crippen LogP contribution in [0.25, 0.3) is 5.76 Å². The second-order valence-corrected chi connectivity index (χ2v) is 7.00. The Morgan fingerprint density at radius 1 is 1.07 bits per heavy atom. The predicted molar refractivity (Wildman–Crippen MR) is 110 cm³/mol. The van der Waals surface area contributed by atoms with E-state index in [9.17, 15) is 14.7 Å². The van der Waals surface area contributed by atoms with Crippen LogP contribution in [0.4, 0.5) is 0 Å². The van der Waals surface area contributed by atoms with Gasteiger partial charge in [-0.3, -0.25) is 14.6 Å². The Bertz CT molecular complexity index is 891. The number of likely N-dealkylation sites (tertiary alicyclic amines) is 1. The molecule has 0 spiro atoms. The number of carbonyl (C=O) groups is 2. The van der Waals surface area contributed by atoms with Crippen LogP contribution in [0.2, 0.25) is 0 Å². The number of amides is 1. The van der Waals surface area contributed by atoms with Crippen LogP contribution in [0.5, 0.6) is 5.75 Å². The third-order valence-electron chi connectivity index (χ3n) is 4.91. The van der Waals surface area contributed by atoms with Crippen LogP contribution < -0.4 is 4.74 Å². The summed E-state index contributed by atoms with van der Waals surface area (Å²) in [5.41, 5.74) is 1.33. The molecule has 6 heteroatoms. The van der Waals surface area contributed by atoms with Crippen molar-refractivity contribution in [1.82, 2.24) is 9.88 Å². The standard InChI is InChI=1S/C23H26N2O4/c1-3-5-14-25-20(16-6-8-18(9-7-16)29-15-4-2)19(22(27)23(25)28)21(26)17-10-12-24-13-11-17/h6-13,20,26H,3-5,14-15H2,1-2H3/b21-19-. The summed E-state index contributed by atoms with van der Waals surface area (Å²) in [6.45, 7) is 5.14. The van der Waals surface area contributed by atoms with Crippen molar-refractivity contribution in [2.75, 3.05) is 13.2 Å². The second-order valence-electron chi connectivity index (χ2n) is 7.00. The van der Waals surface area contributed by atoms with Crippen molar-refractivity contribution in [3.63, 3.8) is 0 Å². The lowest BCUT2D eigenvalue weighted by atomic mass is 9.95. The lowest BCUT2D eigenvalue weighted by Gasteiger charge is -2.25. The van der Waals surface area contributed by atoms with E-state index in [4.69, 9.17) is 4.74 Å². The molecule has 1 aliphatic rings. The minimum Gasteiger partial charge on any atom is -0.507 e. The Hall–Kier alpha value is -3.15. The first kappa shape index (κ1) is 20.6. The van der Waals surface area contributed by atoms with E-state index >= 15 is 0 Å². The highest BCUT2D eigenvalue weighted by atomic mass is 16.5. The molecule has 152 valence electrons. The summed E-state index contributed by atoms with van der Waals surface area (Å²) in [5.74, 6) is -0.687. The minimum absolute atomic E-state index is 0.111. The van der Waals surface area contributed by atoms with Crippen LogP contribution >= 0.6 is 0 Å². The second kappa shape index (κ2) is 9.37. The van der Waals surface area contributed by atoms with Gasteiger partial charge in [-0.2, -0.15) is 0 Å². The number of Topliss-reactive ketones (excluding diaryl/α,β-unsaturated/α-hetero) is 1. The molecule has 2 heterocycles. The third-order valence-corrected chi connectivity index (χ3v) is 4.91. The Labute approximate surface area is 170 Å². The predicted octanol–water partition coefficient (Wildman–Crippen LogP) is 4.09. The number of aromatic nitrogens is 1. The average molecular weight is 394 g/mol. The van der Waals surface area contributed by atoms with Crippen LogP contribution in [0, 0.1) is 0 Å². The van der Waals surface area contributed by atoms with Crippen molar-refractivity contribution >= 4 is 17.4 Å². The molecule has 0 saturated carbocycles. The molecule has 1 atom stereocenters. The number of ketones is 1. The number of hydrogen-bond donors (Lipinski definition) is 1. The summed E-state index contributed by atoms with van der Waals surface area (Å²) in [4.78, 5) is 31.1. The summed E-state index contributed by atoms with van der Waals surface area (Å²) in [5, 5.41) is 10.9. The summed E-state index contributed by atoms with van der Waals surface area (Å²) in [7, 11) is 0. The van der Waals surface area contributed by atoms with Gasteiger partial charge in [0.25, 0.3) is 11.7 Å². The van der Waals surface area contributed by atoms with E-state index in [0.29, 0.717) is 18.7 Å². The van der Waals surface area contributed by atoms with E-state index in [-0.39, 0.29) is 11.3 Å². The van der Waals surface area contributed by atoms with Crippen molar-refractivity contribution in [2.45, 2.75) is 39.2 Å². The average Bonchev–Trinajstić information content (AvgIpc) is 3.01. The monoisotopic (exact) mass is 394 g/mol. The van der Waals surface area contributed by atoms with Crippen LogP contribution in [0.15, 0.2) is 54.4 Å². The zero-order valence-electron chi connectivity index (χ0n) is 16.8. The Kier molecular flexibility index (Phi) is 6.65.